The highest BCUT2D eigenvalue weighted by Crippen LogP contribution is 2.32. The lowest BCUT2D eigenvalue weighted by Gasteiger charge is -2.41. The van der Waals surface area contributed by atoms with Gasteiger partial charge in [-0.05, 0) is 30.5 Å². The third kappa shape index (κ3) is 2.15. The van der Waals surface area contributed by atoms with Crippen LogP contribution < -0.4 is 4.74 Å². The summed E-state index contributed by atoms with van der Waals surface area (Å²) >= 11 is 0. The number of rotatable bonds is 2. The molecule has 0 spiro atoms. The van der Waals surface area contributed by atoms with Gasteiger partial charge in [0.2, 0.25) is 0 Å². The molecule has 0 N–H and O–H groups in total. The van der Waals surface area contributed by atoms with Gasteiger partial charge in [0.15, 0.2) is 0 Å². The second kappa shape index (κ2) is 5.11. The fourth-order valence-electron chi connectivity index (χ4n) is 3.10. The first-order valence-electron chi connectivity index (χ1n) is 6.76. The maximum atomic E-state index is 5.22. The number of hydrogen-bond donors (Lipinski definition) is 0. The van der Waals surface area contributed by atoms with Crippen molar-refractivity contribution >= 4 is 6.21 Å². The molecule has 0 bridgehead atoms. The first kappa shape index (κ1) is 11.7. The zero-order valence-corrected chi connectivity index (χ0v) is 10.9. The molecule has 0 amide bonds. The first-order chi connectivity index (χ1) is 8.88. The Hall–Kier alpha value is -1.35. The van der Waals surface area contributed by atoms with Crippen molar-refractivity contribution in [1.29, 1.82) is 0 Å². The van der Waals surface area contributed by atoms with E-state index < -0.39 is 0 Å². The van der Waals surface area contributed by atoms with Crippen LogP contribution in [0.5, 0.6) is 5.75 Å². The average molecular weight is 244 g/mol. The Labute approximate surface area is 108 Å². The normalized spacial score (nSPS) is 27.8. The van der Waals surface area contributed by atoms with Crippen LogP contribution in [0.25, 0.3) is 0 Å². The summed E-state index contributed by atoms with van der Waals surface area (Å²) < 4.78 is 5.22. The van der Waals surface area contributed by atoms with Gasteiger partial charge in [-0.15, -0.1) is 0 Å². The molecule has 0 aliphatic carbocycles. The Kier molecular flexibility index (Phi) is 3.33. The molecule has 3 rings (SSSR count). The van der Waals surface area contributed by atoms with Crippen LogP contribution in [0.15, 0.2) is 29.3 Å². The molecule has 1 saturated heterocycles. The zero-order chi connectivity index (χ0) is 12.4. The maximum Gasteiger partial charge on any atom is 0.118 e. The lowest BCUT2D eigenvalue weighted by Crippen LogP contribution is -2.46. The van der Waals surface area contributed by atoms with Gasteiger partial charge in [0, 0.05) is 24.7 Å². The quantitative estimate of drug-likeness (QED) is 0.799. The van der Waals surface area contributed by atoms with Crippen LogP contribution in [0.1, 0.15) is 30.7 Å². The summed E-state index contributed by atoms with van der Waals surface area (Å²) in [5, 5.41) is 0. The van der Waals surface area contributed by atoms with Crippen LogP contribution in [-0.2, 0) is 0 Å². The maximum absolute atomic E-state index is 5.22. The minimum atomic E-state index is 0.449. The van der Waals surface area contributed by atoms with Crippen LogP contribution in [0.4, 0.5) is 0 Å². The Morgan fingerprint density at radius 1 is 1.22 bits per heavy atom. The van der Waals surface area contributed by atoms with Gasteiger partial charge < -0.3 is 4.74 Å². The number of benzene rings is 1. The number of piperidine rings is 1. The predicted octanol–water partition coefficient (Wildman–Crippen LogP) is 2.68. The molecule has 0 aromatic heterocycles. The van der Waals surface area contributed by atoms with Gasteiger partial charge >= 0.3 is 0 Å². The SMILES string of the molecule is COc1ccc(C2C=NCN3CCCCC23)cc1. The first-order valence-corrected chi connectivity index (χ1v) is 6.76. The van der Waals surface area contributed by atoms with Crippen LogP contribution >= 0.6 is 0 Å². The summed E-state index contributed by atoms with van der Waals surface area (Å²) in [4.78, 5) is 7.06. The Morgan fingerprint density at radius 2 is 2.06 bits per heavy atom. The molecule has 2 aliphatic heterocycles. The van der Waals surface area contributed by atoms with E-state index in [1.165, 1.54) is 31.4 Å². The number of nitrogens with zero attached hydrogens (tertiary/aromatic N) is 2. The van der Waals surface area contributed by atoms with Gasteiger partial charge in [-0.3, -0.25) is 9.89 Å². The van der Waals surface area contributed by atoms with E-state index in [0.717, 1.165) is 12.4 Å². The molecule has 3 heteroatoms. The van der Waals surface area contributed by atoms with E-state index in [1.807, 2.05) is 12.1 Å². The fourth-order valence-corrected chi connectivity index (χ4v) is 3.10. The zero-order valence-electron chi connectivity index (χ0n) is 10.9. The lowest BCUT2D eigenvalue weighted by atomic mass is 9.85. The molecule has 2 aliphatic rings. The summed E-state index contributed by atoms with van der Waals surface area (Å²) in [6, 6.07) is 9.08. The number of methoxy groups -OCH3 is 1. The number of hydrogen-bond acceptors (Lipinski definition) is 3. The van der Waals surface area contributed by atoms with E-state index in [9.17, 15) is 0 Å². The second-order valence-electron chi connectivity index (χ2n) is 5.15. The molecule has 96 valence electrons. The fraction of sp³-hybridized carbons (Fsp3) is 0.533. The third-order valence-corrected chi connectivity index (χ3v) is 4.11. The molecular weight excluding hydrogens is 224 g/mol. The summed E-state index contributed by atoms with van der Waals surface area (Å²) in [7, 11) is 1.71. The molecule has 2 atom stereocenters. The minimum Gasteiger partial charge on any atom is -0.497 e. The second-order valence-corrected chi connectivity index (χ2v) is 5.15. The van der Waals surface area contributed by atoms with Crippen molar-refractivity contribution < 1.29 is 4.74 Å². The largest absolute Gasteiger partial charge is 0.497 e. The standard InChI is InChI=1S/C15H20N2O/c1-18-13-7-5-12(6-8-13)14-10-16-11-17-9-3-2-4-15(14)17/h5-8,10,14-15H,2-4,9,11H2,1H3. The van der Waals surface area contributed by atoms with E-state index in [4.69, 9.17) is 4.74 Å². The van der Waals surface area contributed by atoms with Crippen LogP contribution in [0.2, 0.25) is 0 Å². The highest BCUT2D eigenvalue weighted by Gasteiger charge is 2.31. The van der Waals surface area contributed by atoms with Crippen LogP contribution in [0, 0.1) is 0 Å². The monoisotopic (exact) mass is 244 g/mol. The van der Waals surface area contributed by atoms with Gasteiger partial charge in [-0.25, -0.2) is 0 Å². The molecule has 2 unspecified atom stereocenters. The molecule has 1 aromatic rings. The summed E-state index contributed by atoms with van der Waals surface area (Å²) in [6.45, 7) is 2.09. The number of aliphatic imine (C=N–C) groups is 1. The molecule has 3 nitrogen and oxygen atoms in total. The summed E-state index contributed by atoms with van der Waals surface area (Å²) in [5.74, 6) is 1.37. The van der Waals surface area contributed by atoms with Gasteiger partial charge in [-0.2, -0.15) is 0 Å². The van der Waals surface area contributed by atoms with Crippen molar-refractivity contribution in [1.82, 2.24) is 4.90 Å². The van der Waals surface area contributed by atoms with Gasteiger partial charge in [0.25, 0.3) is 0 Å². The van der Waals surface area contributed by atoms with E-state index in [1.54, 1.807) is 7.11 Å². The predicted molar refractivity (Wildman–Crippen MR) is 73.4 cm³/mol. The molecule has 0 radical (unpaired) electrons. The van der Waals surface area contributed by atoms with Crippen molar-refractivity contribution in [2.45, 2.75) is 31.2 Å². The number of ether oxygens (including phenoxy) is 1. The van der Waals surface area contributed by atoms with Gasteiger partial charge in [0.1, 0.15) is 5.75 Å². The third-order valence-electron chi connectivity index (χ3n) is 4.11. The lowest BCUT2D eigenvalue weighted by molar-refractivity contribution is 0.137. The highest BCUT2D eigenvalue weighted by molar-refractivity contribution is 5.70. The van der Waals surface area contributed by atoms with Crippen molar-refractivity contribution in [2.24, 2.45) is 4.99 Å². The van der Waals surface area contributed by atoms with E-state index in [-0.39, 0.29) is 0 Å². The van der Waals surface area contributed by atoms with Gasteiger partial charge in [0.05, 0.1) is 13.8 Å². The molecule has 1 aromatic carbocycles. The van der Waals surface area contributed by atoms with Crippen molar-refractivity contribution in [2.75, 3.05) is 20.3 Å². The van der Waals surface area contributed by atoms with Crippen molar-refractivity contribution in [3.05, 3.63) is 29.8 Å². The summed E-state index contributed by atoms with van der Waals surface area (Å²) in [6.07, 6.45) is 6.11. The van der Waals surface area contributed by atoms with E-state index >= 15 is 0 Å². The number of fused-ring (bicyclic) bond motifs is 1. The molecular formula is C15H20N2O. The minimum absolute atomic E-state index is 0.449. The van der Waals surface area contributed by atoms with E-state index in [0.29, 0.717) is 12.0 Å². The molecule has 0 saturated carbocycles. The molecule has 2 heterocycles. The average Bonchev–Trinajstić information content (AvgIpc) is 2.47. The Morgan fingerprint density at radius 3 is 2.83 bits per heavy atom. The van der Waals surface area contributed by atoms with Crippen molar-refractivity contribution in [3.63, 3.8) is 0 Å². The molecule has 18 heavy (non-hydrogen) atoms. The topological polar surface area (TPSA) is 24.8 Å². The smallest absolute Gasteiger partial charge is 0.118 e. The van der Waals surface area contributed by atoms with Crippen molar-refractivity contribution in [3.8, 4) is 5.75 Å². The van der Waals surface area contributed by atoms with Crippen LogP contribution in [0.3, 0.4) is 0 Å². The summed E-state index contributed by atoms with van der Waals surface area (Å²) in [5.41, 5.74) is 1.36. The van der Waals surface area contributed by atoms with E-state index in [2.05, 4.69) is 28.2 Å². The Bertz CT molecular complexity index is 427. The Balaban J connectivity index is 1.84. The molecule has 1 fully saturated rings. The van der Waals surface area contributed by atoms with Gasteiger partial charge in [-0.1, -0.05) is 18.6 Å². The highest BCUT2D eigenvalue weighted by atomic mass is 16.5. The van der Waals surface area contributed by atoms with Crippen LogP contribution in [-0.4, -0.2) is 37.5 Å².